The van der Waals surface area contributed by atoms with Crippen LogP contribution in [0.4, 0.5) is 0 Å². The van der Waals surface area contributed by atoms with Gasteiger partial charge in [0, 0.05) is 24.3 Å². The summed E-state index contributed by atoms with van der Waals surface area (Å²) < 4.78 is 11.5. The van der Waals surface area contributed by atoms with E-state index in [2.05, 4.69) is 5.10 Å². The van der Waals surface area contributed by atoms with Crippen molar-refractivity contribution in [1.82, 2.24) is 14.7 Å². The summed E-state index contributed by atoms with van der Waals surface area (Å²) in [7, 11) is 2.85. The Morgan fingerprint density at radius 2 is 1.90 bits per heavy atom. The summed E-state index contributed by atoms with van der Waals surface area (Å²) in [4.78, 5) is 38.4. The molecule has 1 amide bonds. The second-order valence-corrected chi connectivity index (χ2v) is 7.51. The molecule has 0 bridgehead atoms. The van der Waals surface area contributed by atoms with Gasteiger partial charge in [-0.3, -0.25) is 4.79 Å². The minimum Gasteiger partial charge on any atom is -0.496 e. The van der Waals surface area contributed by atoms with Gasteiger partial charge in [-0.15, -0.1) is 0 Å². The van der Waals surface area contributed by atoms with Crippen LogP contribution < -0.4 is 4.74 Å². The van der Waals surface area contributed by atoms with Crippen molar-refractivity contribution in [3.05, 3.63) is 47.3 Å². The highest BCUT2D eigenvalue weighted by Crippen LogP contribution is 2.28. The van der Waals surface area contributed by atoms with Gasteiger partial charge in [0.2, 0.25) is 5.91 Å². The molecule has 0 aliphatic heterocycles. The van der Waals surface area contributed by atoms with E-state index < -0.39 is 11.9 Å². The van der Waals surface area contributed by atoms with Crippen molar-refractivity contribution >= 4 is 17.8 Å². The number of carboxylic acid groups (broad SMARTS) is 1. The number of esters is 1. The molecule has 0 unspecified atom stereocenters. The van der Waals surface area contributed by atoms with Crippen LogP contribution in [0.3, 0.4) is 0 Å². The van der Waals surface area contributed by atoms with Gasteiger partial charge in [0.25, 0.3) is 0 Å². The first-order valence-electron chi connectivity index (χ1n) is 10.2. The standard InChI is InChI=1S/C22H27N3O6/c1-30-19-9-8-15(22(29)31-2)12-16(19)13-24(17-6-4-3-5-7-17)20(26)14-25-18(21(27)28)10-11-23-25/h8-12,17H,3-7,13-14H2,1-2H3,(H,27,28). The molecule has 9 heteroatoms. The third-order valence-electron chi connectivity index (χ3n) is 5.60. The first-order valence-corrected chi connectivity index (χ1v) is 10.2. The number of methoxy groups -OCH3 is 2. The number of amides is 1. The molecule has 31 heavy (non-hydrogen) atoms. The molecular formula is C22H27N3O6. The third kappa shape index (κ3) is 5.22. The normalized spacial score (nSPS) is 14.1. The molecule has 1 aromatic heterocycles. The molecule has 0 saturated heterocycles. The van der Waals surface area contributed by atoms with Crippen LogP contribution >= 0.6 is 0 Å². The summed E-state index contributed by atoms with van der Waals surface area (Å²) in [5.74, 6) is -1.28. The lowest BCUT2D eigenvalue weighted by atomic mass is 9.93. The van der Waals surface area contributed by atoms with E-state index >= 15 is 0 Å². The van der Waals surface area contributed by atoms with Gasteiger partial charge in [-0.2, -0.15) is 5.10 Å². The van der Waals surface area contributed by atoms with Crippen LogP contribution in [-0.4, -0.2) is 57.9 Å². The Labute approximate surface area is 180 Å². The number of aromatic carboxylic acids is 1. The summed E-state index contributed by atoms with van der Waals surface area (Å²) in [6.45, 7) is 0.0608. The smallest absolute Gasteiger partial charge is 0.354 e. The first-order chi connectivity index (χ1) is 14.9. The number of hydrogen-bond acceptors (Lipinski definition) is 6. The largest absolute Gasteiger partial charge is 0.496 e. The zero-order chi connectivity index (χ0) is 22.4. The van der Waals surface area contributed by atoms with Crippen LogP contribution in [0.25, 0.3) is 0 Å². The highest BCUT2D eigenvalue weighted by molar-refractivity contribution is 5.90. The van der Waals surface area contributed by atoms with Crippen LogP contribution in [0.5, 0.6) is 5.75 Å². The number of carbonyl (C=O) groups is 3. The highest BCUT2D eigenvalue weighted by Gasteiger charge is 2.28. The van der Waals surface area contributed by atoms with Crippen molar-refractivity contribution in [1.29, 1.82) is 0 Å². The van der Waals surface area contributed by atoms with Crippen LogP contribution in [0.15, 0.2) is 30.5 Å². The summed E-state index contributed by atoms with van der Waals surface area (Å²) in [5.41, 5.74) is 1.01. The number of nitrogens with zero attached hydrogens (tertiary/aromatic N) is 3. The molecule has 1 fully saturated rings. The quantitative estimate of drug-likeness (QED) is 0.642. The van der Waals surface area contributed by atoms with Crippen LogP contribution in [-0.2, 0) is 22.6 Å². The van der Waals surface area contributed by atoms with E-state index in [9.17, 15) is 19.5 Å². The predicted molar refractivity (Wildman–Crippen MR) is 111 cm³/mol. The Morgan fingerprint density at radius 3 is 2.55 bits per heavy atom. The van der Waals surface area contributed by atoms with Crippen molar-refractivity contribution in [3.63, 3.8) is 0 Å². The fourth-order valence-electron chi connectivity index (χ4n) is 4.00. The van der Waals surface area contributed by atoms with E-state index in [0.29, 0.717) is 16.9 Å². The molecule has 0 radical (unpaired) electrons. The maximum Gasteiger partial charge on any atom is 0.354 e. The fourth-order valence-corrected chi connectivity index (χ4v) is 4.00. The topological polar surface area (TPSA) is 111 Å². The minimum absolute atomic E-state index is 0.0246. The minimum atomic E-state index is -1.14. The Bertz CT molecular complexity index is 948. The fraction of sp³-hybridized carbons (Fsp3) is 0.455. The summed E-state index contributed by atoms with van der Waals surface area (Å²) in [5, 5.41) is 13.3. The number of ether oxygens (including phenoxy) is 2. The van der Waals surface area contributed by atoms with Gasteiger partial charge in [0.15, 0.2) is 0 Å². The molecule has 1 saturated carbocycles. The first kappa shape index (κ1) is 22.3. The summed E-state index contributed by atoms with van der Waals surface area (Å²) >= 11 is 0. The van der Waals surface area contributed by atoms with Crippen LogP contribution in [0.1, 0.15) is 58.5 Å². The average Bonchev–Trinajstić information content (AvgIpc) is 3.25. The van der Waals surface area contributed by atoms with E-state index in [4.69, 9.17) is 9.47 Å². The number of aromatic nitrogens is 2. The van der Waals surface area contributed by atoms with E-state index in [1.807, 2.05) is 0 Å². The SMILES string of the molecule is COC(=O)c1ccc(OC)c(CN(C(=O)Cn2nccc2C(=O)O)C2CCCCC2)c1. The molecule has 0 atom stereocenters. The molecular weight excluding hydrogens is 402 g/mol. The second kappa shape index (κ2) is 10.1. The molecule has 1 aromatic carbocycles. The van der Waals surface area contributed by atoms with Gasteiger partial charge >= 0.3 is 11.9 Å². The van der Waals surface area contributed by atoms with Gasteiger partial charge in [0.1, 0.15) is 18.0 Å². The van der Waals surface area contributed by atoms with E-state index in [0.717, 1.165) is 32.1 Å². The van der Waals surface area contributed by atoms with Crippen LogP contribution in [0, 0.1) is 0 Å². The lowest BCUT2D eigenvalue weighted by Crippen LogP contribution is -2.43. The monoisotopic (exact) mass is 429 g/mol. The summed E-state index contributed by atoms with van der Waals surface area (Å²) in [6.07, 6.45) is 6.28. The number of carbonyl (C=O) groups excluding carboxylic acids is 2. The Balaban J connectivity index is 1.90. The van der Waals surface area contributed by atoms with Gasteiger partial charge in [-0.1, -0.05) is 19.3 Å². The highest BCUT2D eigenvalue weighted by atomic mass is 16.5. The van der Waals surface area contributed by atoms with Crippen molar-refractivity contribution in [2.75, 3.05) is 14.2 Å². The Morgan fingerprint density at radius 1 is 1.16 bits per heavy atom. The lowest BCUT2D eigenvalue weighted by molar-refractivity contribution is -0.135. The van der Waals surface area contributed by atoms with Gasteiger partial charge in [-0.05, 0) is 37.1 Å². The van der Waals surface area contributed by atoms with Gasteiger partial charge in [-0.25, -0.2) is 14.3 Å². The molecule has 1 aliphatic carbocycles. The van der Waals surface area contributed by atoms with Gasteiger partial charge < -0.3 is 19.5 Å². The molecule has 0 spiro atoms. The van der Waals surface area contributed by atoms with Crippen molar-refractivity contribution in [2.45, 2.75) is 51.2 Å². The Hall–Kier alpha value is -3.36. The molecule has 1 aliphatic rings. The van der Waals surface area contributed by atoms with E-state index in [1.165, 1.54) is 31.2 Å². The Kier molecular flexibility index (Phi) is 7.28. The van der Waals surface area contributed by atoms with Crippen LogP contribution in [0.2, 0.25) is 0 Å². The van der Waals surface area contributed by atoms with Crippen molar-refractivity contribution in [2.24, 2.45) is 0 Å². The van der Waals surface area contributed by atoms with Crippen molar-refractivity contribution < 1.29 is 29.0 Å². The lowest BCUT2D eigenvalue weighted by Gasteiger charge is -2.35. The van der Waals surface area contributed by atoms with Crippen molar-refractivity contribution in [3.8, 4) is 5.75 Å². The second-order valence-electron chi connectivity index (χ2n) is 7.51. The average molecular weight is 429 g/mol. The van der Waals surface area contributed by atoms with Gasteiger partial charge in [0.05, 0.1) is 19.8 Å². The number of carboxylic acids is 1. The number of hydrogen-bond donors (Lipinski definition) is 1. The third-order valence-corrected chi connectivity index (χ3v) is 5.60. The molecule has 166 valence electrons. The molecule has 2 aromatic rings. The predicted octanol–water partition coefficient (Wildman–Crippen LogP) is 2.74. The summed E-state index contributed by atoms with van der Waals surface area (Å²) in [6, 6.07) is 6.36. The maximum atomic E-state index is 13.3. The molecule has 3 rings (SSSR count). The number of rotatable bonds is 8. The maximum absolute atomic E-state index is 13.3. The number of benzene rings is 1. The zero-order valence-electron chi connectivity index (χ0n) is 17.7. The molecule has 1 heterocycles. The van der Waals surface area contributed by atoms with E-state index in [-0.39, 0.29) is 30.7 Å². The molecule has 9 nitrogen and oxygen atoms in total. The molecule has 1 N–H and O–H groups in total. The zero-order valence-corrected chi connectivity index (χ0v) is 17.7. The van der Waals surface area contributed by atoms with E-state index in [1.54, 1.807) is 23.1 Å².